The van der Waals surface area contributed by atoms with Crippen LogP contribution in [0.5, 0.6) is 5.75 Å². The molecule has 5 rings (SSSR count). The molecular formula is C26H27N5O3. The van der Waals surface area contributed by atoms with Crippen molar-refractivity contribution in [2.24, 2.45) is 0 Å². The Morgan fingerprint density at radius 3 is 2.59 bits per heavy atom. The summed E-state index contributed by atoms with van der Waals surface area (Å²) in [5.41, 5.74) is 5.07. The van der Waals surface area contributed by atoms with Gasteiger partial charge in [-0.05, 0) is 67.8 Å². The zero-order chi connectivity index (χ0) is 23.7. The molecule has 1 fully saturated rings. The minimum absolute atomic E-state index is 0.00793. The van der Waals surface area contributed by atoms with Crippen LogP contribution in [0.25, 0.3) is 16.9 Å². The molecule has 174 valence electrons. The van der Waals surface area contributed by atoms with Gasteiger partial charge in [0.2, 0.25) is 0 Å². The van der Waals surface area contributed by atoms with E-state index in [-0.39, 0.29) is 12.0 Å². The van der Waals surface area contributed by atoms with Crippen molar-refractivity contribution in [3.8, 4) is 17.0 Å². The molecule has 2 aromatic carbocycles. The van der Waals surface area contributed by atoms with Gasteiger partial charge in [-0.25, -0.2) is 9.97 Å². The van der Waals surface area contributed by atoms with Crippen molar-refractivity contribution in [1.29, 1.82) is 0 Å². The van der Waals surface area contributed by atoms with Gasteiger partial charge < -0.3 is 20.1 Å². The number of benzene rings is 2. The number of aryl methyl sites for hydroxylation is 1. The summed E-state index contributed by atoms with van der Waals surface area (Å²) in [6.07, 6.45) is 6.40. The van der Waals surface area contributed by atoms with Crippen LogP contribution in [-0.4, -0.2) is 56.6 Å². The summed E-state index contributed by atoms with van der Waals surface area (Å²) < 4.78 is 7.25. The molecule has 1 amide bonds. The zero-order valence-electron chi connectivity index (χ0n) is 19.2. The van der Waals surface area contributed by atoms with Gasteiger partial charge in [0.05, 0.1) is 25.1 Å². The minimum atomic E-state index is -0.306. The number of aromatic nitrogens is 3. The quantitative estimate of drug-likeness (QED) is 0.470. The van der Waals surface area contributed by atoms with Gasteiger partial charge in [-0.15, -0.1) is 0 Å². The SMILES string of the molecule is COc1ccc(-c2cnc3c(Nc4ccc(C(=O)N5CCC(O)CC5)c(C)c4)nccn23)cc1. The first-order valence-electron chi connectivity index (χ1n) is 11.3. The number of piperidine rings is 1. The summed E-state index contributed by atoms with van der Waals surface area (Å²) in [6.45, 7) is 3.10. The van der Waals surface area contributed by atoms with Crippen molar-refractivity contribution in [3.05, 3.63) is 72.2 Å². The molecule has 34 heavy (non-hydrogen) atoms. The molecule has 2 N–H and O–H groups in total. The van der Waals surface area contributed by atoms with Crippen LogP contribution in [0, 0.1) is 6.92 Å². The van der Waals surface area contributed by atoms with Crippen molar-refractivity contribution in [2.75, 3.05) is 25.5 Å². The number of aliphatic hydroxyl groups is 1. The van der Waals surface area contributed by atoms with Gasteiger partial charge >= 0.3 is 0 Å². The number of amides is 1. The molecule has 8 heteroatoms. The highest BCUT2D eigenvalue weighted by atomic mass is 16.5. The number of rotatable bonds is 5. The number of carbonyl (C=O) groups excluding carboxylic acids is 1. The molecule has 8 nitrogen and oxygen atoms in total. The fraction of sp³-hybridized carbons (Fsp3) is 0.269. The summed E-state index contributed by atoms with van der Waals surface area (Å²) in [5, 5.41) is 13.1. The molecule has 0 saturated carbocycles. The highest BCUT2D eigenvalue weighted by Gasteiger charge is 2.23. The lowest BCUT2D eigenvalue weighted by Gasteiger charge is -2.30. The van der Waals surface area contributed by atoms with Crippen LogP contribution in [0.15, 0.2) is 61.1 Å². The molecule has 0 radical (unpaired) electrons. The van der Waals surface area contributed by atoms with E-state index in [1.165, 1.54) is 0 Å². The van der Waals surface area contributed by atoms with Crippen molar-refractivity contribution >= 4 is 23.1 Å². The lowest BCUT2D eigenvalue weighted by atomic mass is 10.0. The monoisotopic (exact) mass is 457 g/mol. The number of likely N-dealkylation sites (tertiary alicyclic amines) is 1. The van der Waals surface area contributed by atoms with Crippen LogP contribution < -0.4 is 10.1 Å². The van der Waals surface area contributed by atoms with Gasteiger partial charge in [-0.3, -0.25) is 9.20 Å². The Balaban J connectivity index is 1.38. The number of imidazole rings is 1. The van der Waals surface area contributed by atoms with Crippen LogP contribution >= 0.6 is 0 Å². The summed E-state index contributed by atoms with van der Waals surface area (Å²) in [5.74, 6) is 1.44. The van der Waals surface area contributed by atoms with Gasteiger partial charge in [0, 0.05) is 42.3 Å². The third-order valence-corrected chi connectivity index (χ3v) is 6.29. The van der Waals surface area contributed by atoms with E-state index in [1.54, 1.807) is 13.3 Å². The zero-order valence-corrected chi connectivity index (χ0v) is 19.2. The van der Waals surface area contributed by atoms with Crippen LogP contribution in [-0.2, 0) is 0 Å². The second-order valence-corrected chi connectivity index (χ2v) is 8.52. The molecule has 2 aromatic heterocycles. The second-order valence-electron chi connectivity index (χ2n) is 8.52. The van der Waals surface area contributed by atoms with Gasteiger partial charge in [-0.1, -0.05) is 0 Å². The molecule has 3 heterocycles. The molecule has 1 aliphatic heterocycles. The average Bonchev–Trinajstić information content (AvgIpc) is 3.29. The van der Waals surface area contributed by atoms with Crippen molar-refractivity contribution in [3.63, 3.8) is 0 Å². The molecule has 0 aliphatic carbocycles. The van der Waals surface area contributed by atoms with Crippen molar-refractivity contribution < 1.29 is 14.6 Å². The Kier molecular flexibility index (Phi) is 5.90. The molecule has 0 unspecified atom stereocenters. The fourth-order valence-electron chi connectivity index (χ4n) is 4.34. The summed E-state index contributed by atoms with van der Waals surface area (Å²) in [4.78, 5) is 23.8. The summed E-state index contributed by atoms with van der Waals surface area (Å²) >= 11 is 0. The third kappa shape index (κ3) is 4.20. The Hall–Kier alpha value is -3.91. The Morgan fingerprint density at radius 1 is 1.12 bits per heavy atom. The molecule has 1 aliphatic rings. The van der Waals surface area contributed by atoms with Crippen LogP contribution in [0.4, 0.5) is 11.5 Å². The van der Waals surface area contributed by atoms with Crippen molar-refractivity contribution in [2.45, 2.75) is 25.9 Å². The molecule has 0 spiro atoms. The number of ether oxygens (including phenoxy) is 1. The lowest BCUT2D eigenvalue weighted by Crippen LogP contribution is -2.40. The van der Waals surface area contributed by atoms with Crippen LogP contribution in [0.2, 0.25) is 0 Å². The highest BCUT2D eigenvalue weighted by molar-refractivity contribution is 5.96. The van der Waals surface area contributed by atoms with E-state index in [2.05, 4.69) is 15.3 Å². The first kappa shape index (κ1) is 21.9. The number of aliphatic hydroxyl groups excluding tert-OH is 1. The first-order valence-corrected chi connectivity index (χ1v) is 11.3. The maximum atomic E-state index is 12.9. The summed E-state index contributed by atoms with van der Waals surface area (Å²) in [6, 6.07) is 13.5. The molecule has 0 bridgehead atoms. The highest BCUT2D eigenvalue weighted by Crippen LogP contribution is 2.27. The van der Waals surface area contributed by atoms with E-state index < -0.39 is 0 Å². The predicted octanol–water partition coefficient (Wildman–Crippen LogP) is 4.05. The van der Waals surface area contributed by atoms with E-state index in [1.807, 2.05) is 71.1 Å². The Bertz CT molecular complexity index is 1320. The van der Waals surface area contributed by atoms with Gasteiger partial charge in [0.15, 0.2) is 11.5 Å². The number of carbonyl (C=O) groups is 1. The van der Waals surface area contributed by atoms with E-state index >= 15 is 0 Å². The van der Waals surface area contributed by atoms with Gasteiger partial charge in [0.1, 0.15) is 5.75 Å². The maximum absolute atomic E-state index is 12.9. The second kappa shape index (κ2) is 9.15. The topological polar surface area (TPSA) is 92.0 Å². The van der Waals surface area contributed by atoms with E-state index in [0.717, 1.165) is 28.3 Å². The number of fused-ring (bicyclic) bond motifs is 1. The van der Waals surface area contributed by atoms with E-state index in [4.69, 9.17) is 4.74 Å². The number of methoxy groups -OCH3 is 1. The Morgan fingerprint density at radius 2 is 1.88 bits per heavy atom. The van der Waals surface area contributed by atoms with Crippen LogP contribution in [0.3, 0.4) is 0 Å². The number of hydrogen-bond donors (Lipinski definition) is 2. The van der Waals surface area contributed by atoms with Crippen molar-refractivity contribution in [1.82, 2.24) is 19.3 Å². The maximum Gasteiger partial charge on any atom is 0.254 e. The average molecular weight is 458 g/mol. The lowest BCUT2D eigenvalue weighted by molar-refractivity contribution is 0.0546. The third-order valence-electron chi connectivity index (χ3n) is 6.29. The number of anilines is 2. The van der Waals surface area contributed by atoms with E-state index in [0.29, 0.717) is 43.0 Å². The molecule has 4 aromatic rings. The van der Waals surface area contributed by atoms with Crippen LogP contribution in [0.1, 0.15) is 28.8 Å². The first-order chi connectivity index (χ1) is 16.5. The summed E-state index contributed by atoms with van der Waals surface area (Å²) in [7, 11) is 1.65. The molecular weight excluding hydrogens is 430 g/mol. The minimum Gasteiger partial charge on any atom is -0.497 e. The normalized spacial score (nSPS) is 14.4. The fourth-order valence-corrected chi connectivity index (χ4v) is 4.34. The van der Waals surface area contributed by atoms with Gasteiger partial charge in [-0.2, -0.15) is 0 Å². The number of nitrogens with zero attached hydrogens (tertiary/aromatic N) is 4. The molecule has 0 atom stereocenters. The van der Waals surface area contributed by atoms with Gasteiger partial charge in [0.25, 0.3) is 5.91 Å². The largest absolute Gasteiger partial charge is 0.497 e. The molecule has 1 saturated heterocycles. The standard InChI is InChI=1S/C26H27N5O3/c1-17-15-19(5-8-22(17)26(33)30-12-9-20(32)10-13-30)29-24-25-28-16-23(31(25)14-11-27-24)18-3-6-21(34-2)7-4-18/h3-8,11,14-16,20,32H,9-10,12-13H2,1-2H3,(H,27,29). The predicted molar refractivity (Wildman–Crippen MR) is 131 cm³/mol. The number of nitrogens with one attached hydrogen (secondary N) is 1. The number of hydrogen-bond acceptors (Lipinski definition) is 6. The van der Waals surface area contributed by atoms with E-state index in [9.17, 15) is 9.90 Å². The Labute approximate surface area is 197 Å². The smallest absolute Gasteiger partial charge is 0.254 e.